The molecule has 0 fully saturated rings. The van der Waals surface area contributed by atoms with Crippen molar-refractivity contribution in [2.45, 2.75) is 19.6 Å². The Bertz CT molecular complexity index is 434. The molecule has 1 amide bonds. The van der Waals surface area contributed by atoms with Crippen LogP contribution in [0.15, 0.2) is 30.3 Å². The number of carbonyl (C=O) groups excluding carboxylic acids is 1. The van der Waals surface area contributed by atoms with Gasteiger partial charge in [0.05, 0.1) is 6.61 Å². The molecule has 1 aromatic rings. The number of rotatable bonds is 7. The second-order valence-electron chi connectivity index (χ2n) is 4.45. The van der Waals surface area contributed by atoms with Gasteiger partial charge in [-0.25, -0.2) is 9.59 Å². The average molecular weight is 281 g/mol. The van der Waals surface area contributed by atoms with E-state index in [9.17, 15) is 9.59 Å². The Morgan fingerprint density at radius 1 is 1.30 bits per heavy atom. The van der Waals surface area contributed by atoms with E-state index in [0.29, 0.717) is 0 Å². The highest BCUT2D eigenvalue weighted by Gasteiger charge is 2.27. The first-order chi connectivity index (χ1) is 9.54. The van der Waals surface area contributed by atoms with E-state index in [-0.39, 0.29) is 19.1 Å². The molecule has 0 aromatic heterocycles. The molecule has 2 atom stereocenters. The van der Waals surface area contributed by atoms with E-state index in [0.717, 1.165) is 5.56 Å². The summed E-state index contributed by atoms with van der Waals surface area (Å²) in [5.74, 6) is -1.48. The molecule has 20 heavy (non-hydrogen) atoms. The highest BCUT2D eigenvalue weighted by molar-refractivity contribution is 5.80. The zero-order chi connectivity index (χ0) is 15.0. The number of aliphatic carboxylic acids is 1. The molecular formula is C14H19NO5. The summed E-state index contributed by atoms with van der Waals surface area (Å²) >= 11 is 0. The van der Waals surface area contributed by atoms with Crippen molar-refractivity contribution in [1.82, 2.24) is 5.32 Å². The van der Waals surface area contributed by atoms with E-state index in [2.05, 4.69) is 5.32 Å². The van der Waals surface area contributed by atoms with Crippen LogP contribution >= 0.6 is 0 Å². The number of amides is 1. The van der Waals surface area contributed by atoms with E-state index < -0.39 is 18.1 Å². The van der Waals surface area contributed by atoms with Gasteiger partial charge in [0.15, 0.2) is 0 Å². The summed E-state index contributed by atoms with van der Waals surface area (Å²) in [6, 6.07) is 8.11. The molecule has 0 radical (unpaired) electrons. The van der Waals surface area contributed by atoms with Crippen molar-refractivity contribution in [3.8, 4) is 0 Å². The number of hydrogen-bond acceptors (Lipinski definition) is 4. The fourth-order valence-corrected chi connectivity index (χ4v) is 1.70. The largest absolute Gasteiger partial charge is 0.480 e. The molecule has 0 aliphatic rings. The molecule has 0 saturated carbocycles. The second kappa shape index (κ2) is 8.16. The van der Waals surface area contributed by atoms with Crippen LogP contribution in [0.3, 0.4) is 0 Å². The Balaban J connectivity index is 2.48. The lowest BCUT2D eigenvalue weighted by atomic mass is 10.0. The van der Waals surface area contributed by atoms with Crippen LogP contribution in [0.25, 0.3) is 0 Å². The number of benzene rings is 1. The molecule has 0 spiro atoms. The number of methoxy groups -OCH3 is 1. The van der Waals surface area contributed by atoms with Gasteiger partial charge >= 0.3 is 12.1 Å². The van der Waals surface area contributed by atoms with Crippen molar-refractivity contribution in [1.29, 1.82) is 0 Å². The first-order valence-electron chi connectivity index (χ1n) is 6.23. The van der Waals surface area contributed by atoms with E-state index in [1.165, 1.54) is 7.11 Å². The Kier molecular flexibility index (Phi) is 6.52. The first-order valence-corrected chi connectivity index (χ1v) is 6.23. The van der Waals surface area contributed by atoms with E-state index >= 15 is 0 Å². The summed E-state index contributed by atoms with van der Waals surface area (Å²) in [6.45, 7) is 2.01. The Morgan fingerprint density at radius 3 is 2.50 bits per heavy atom. The number of carboxylic acids is 1. The summed E-state index contributed by atoms with van der Waals surface area (Å²) in [5, 5.41) is 11.4. The van der Waals surface area contributed by atoms with Gasteiger partial charge in [-0.1, -0.05) is 37.3 Å². The fourth-order valence-electron chi connectivity index (χ4n) is 1.70. The molecule has 0 bridgehead atoms. The number of ether oxygens (including phenoxy) is 2. The Hall–Kier alpha value is -2.08. The highest BCUT2D eigenvalue weighted by Crippen LogP contribution is 2.06. The Labute approximate surface area is 117 Å². The SMILES string of the molecule is COC[C@@H](C)[C@H](NC(=O)OCc1ccccc1)C(=O)O. The van der Waals surface area contributed by atoms with Crippen molar-refractivity contribution >= 4 is 12.1 Å². The van der Waals surface area contributed by atoms with Crippen LogP contribution in [0.2, 0.25) is 0 Å². The molecule has 0 saturated heterocycles. The van der Waals surface area contributed by atoms with Crippen LogP contribution in [0.4, 0.5) is 4.79 Å². The lowest BCUT2D eigenvalue weighted by Gasteiger charge is -2.20. The van der Waals surface area contributed by atoms with Gasteiger partial charge in [0, 0.05) is 13.0 Å². The van der Waals surface area contributed by atoms with Crippen LogP contribution in [0.5, 0.6) is 0 Å². The van der Waals surface area contributed by atoms with Crippen molar-refractivity contribution in [3.05, 3.63) is 35.9 Å². The third kappa shape index (κ3) is 5.27. The normalized spacial score (nSPS) is 13.3. The summed E-state index contributed by atoms with van der Waals surface area (Å²) in [6.07, 6.45) is -0.760. The quantitative estimate of drug-likeness (QED) is 0.793. The van der Waals surface area contributed by atoms with Gasteiger partial charge in [-0.2, -0.15) is 0 Å². The first kappa shape index (κ1) is 16.0. The van der Waals surface area contributed by atoms with Crippen molar-refractivity contribution < 1.29 is 24.2 Å². The minimum Gasteiger partial charge on any atom is -0.480 e. The van der Waals surface area contributed by atoms with Crippen LogP contribution in [0, 0.1) is 5.92 Å². The zero-order valence-corrected chi connectivity index (χ0v) is 11.5. The van der Waals surface area contributed by atoms with Gasteiger partial charge in [0.25, 0.3) is 0 Å². The lowest BCUT2D eigenvalue weighted by Crippen LogP contribution is -2.46. The van der Waals surface area contributed by atoms with Crippen LogP contribution in [-0.2, 0) is 20.9 Å². The summed E-state index contributed by atoms with van der Waals surface area (Å²) in [5.41, 5.74) is 0.833. The topological polar surface area (TPSA) is 84.9 Å². The Morgan fingerprint density at radius 2 is 1.95 bits per heavy atom. The highest BCUT2D eigenvalue weighted by atomic mass is 16.5. The van der Waals surface area contributed by atoms with Gasteiger partial charge in [-0.3, -0.25) is 0 Å². The van der Waals surface area contributed by atoms with Gasteiger partial charge in [-0.05, 0) is 5.56 Å². The molecule has 0 aliphatic carbocycles. The minimum absolute atomic E-state index is 0.0949. The maximum absolute atomic E-state index is 11.6. The zero-order valence-electron chi connectivity index (χ0n) is 11.5. The van der Waals surface area contributed by atoms with Gasteiger partial charge in [0.1, 0.15) is 12.6 Å². The summed E-state index contributed by atoms with van der Waals surface area (Å²) < 4.78 is 9.87. The summed E-state index contributed by atoms with van der Waals surface area (Å²) in [7, 11) is 1.48. The third-order valence-corrected chi connectivity index (χ3v) is 2.75. The average Bonchev–Trinajstić information content (AvgIpc) is 2.43. The van der Waals surface area contributed by atoms with Crippen LogP contribution in [-0.4, -0.2) is 36.9 Å². The van der Waals surface area contributed by atoms with Crippen molar-refractivity contribution in [2.24, 2.45) is 5.92 Å². The predicted molar refractivity (Wildman–Crippen MR) is 72.2 cm³/mol. The molecule has 1 rings (SSSR count). The molecule has 2 N–H and O–H groups in total. The fraction of sp³-hybridized carbons (Fsp3) is 0.429. The number of hydrogen-bond donors (Lipinski definition) is 2. The maximum Gasteiger partial charge on any atom is 0.408 e. The van der Waals surface area contributed by atoms with E-state index in [1.807, 2.05) is 30.3 Å². The van der Waals surface area contributed by atoms with Crippen molar-refractivity contribution in [3.63, 3.8) is 0 Å². The van der Waals surface area contributed by atoms with E-state index in [1.54, 1.807) is 6.92 Å². The molecular weight excluding hydrogens is 262 g/mol. The molecule has 1 aromatic carbocycles. The minimum atomic E-state index is -1.12. The van der Waals surface area contributed by atoms with Gasteiger partial charge in [0.2, 0.25) is 0 Å². The van der Waals surface area contributed by atoms with Gasteiger partial charge < -0.3 is 19.9 Å². The summed E-state index contributed by atoms with van der Waals surface area (Å²) in [4.78, 5) is 22.7. The second-order valence-corrected chi connectivity index (χ2v) is 4.45. The molecule has 0 heterocycles. The third-order valence-electron chi connectivity index (χ3n) is 2.75. The van der Waals surface area contributed by atoms with Gasteiger partial charge in [-0.15, -0.1) is 0 Å². The van der Waals surface area contributed by atoms with Crippen LogP contribution < -0.4 is 5.32 Å². The predicted octanol–water partition coefficient (Wildman–Crippen LogP) is 1.65. The van der Waals surface area contributed by atoms with E-state index in [4.69, 9.17) is 14.6 Å². The lowest BCUT2D eigenvalue weighted by molar-refractivity contribution is -0.141. The maximum atomic E-state index is 11.6. The number of alkyl carbamates (subject to hydrolysis) is 1. The molecule has 6 heteroatoms. The molecule has 110 valence electrons. The number of carboxylic acid groups (broad SMARTS) is 1. The van der Waals surface area contributed by atoms with Crippen molar-refractivity contribution in [2.75, 3.05) is 13.7 Å². The standard InChI is InChI=1S/C14H19NO5/c1-10(8-19-2)12(13(16)17)15-14(18)20-9-11-6-4-3-5-7-11/h3-7,10,12H,8-9H2,1-2H3,(H,15,18)(H,16,17)/t10-,12+/m1/s1. The number of carbonyl (C=O) groups is 2. The molecule has 0 aliphatic heterocycles. The number of nitrogens with one attached hydrogen (secondary N) is 1. The van der Waals surface area contributed by atoms with Crippen LogP contribution in [0.1, 0.15) is 12.5 Å². The smallest absolute Gasteiger partial charge is 0.408 e. The molecule has 6 nitrogen and oxygen atoms in total. The monoisotopic (exact) mass is 281 g/mol. The molecule has 0 unspecified atom stereocenters.